The van der Waals surface area contributed by atoms with Crippen LogP contribution < -0.4 is 0 Å². The highest BCUT2D eigenvalue weighted by Gasteiger charge is 2.36. The zero-order chi connectivity index (χ0) is 10.8. The first kappa shape index (κ1) is 10.9. The first-order chi connectivity index (χ1) is 7.18. The summed E-state index contributed by atoms with van der Waals surface area (Å²) in [7, 11) is 2.08. The van der Waals surface area contributed by atoms with E-state index in [2.05, 4.69) is 16.8 Å². The summed E-state index contributed by atoms with van der Waals surface area (Å²) in [5.74, 6) is -0.760. The van der Waals surface area contributed by atoms with Gasteiger partial charge in [0, 0.05) is 19.1 Å². The Balaban J connectivity index is 2.01. The zero-order valence-electron chi connectivity index (χ0n) is 9.06. The quantitative estimate of drug-likeness (QED) is 0.670. The van der Waals surface area contributed by atoms with E-state index in [0.29, 0.717) is 19.3 Å². The number of hydrogen-bond acceptors (Lipinski definition) is 4. The molecule has 2 aliphatic heterocycles. The summed E-state index contributed by atoms with van der Waals surface area (Å²) in [4.78, 5) is 15.4. The van der Waals surface area contributed by atoms with Crippen molar-refractivity contribution in [2.45, 2.75) is 18.5 Å². The number of nitrogens with zero attached hydrogens (tertiary/aromatic N) is 2. The van der Waals surface area contributed by atoms with Crippen molar-refractivity contribution in [3.63, 3.8) is 0 Å². The molecule has 0 spiro atoms. The van der Waals surface area contributed by atoms with Crippen molar-refractivity contribution < 1.29 is 14.6 Å². The zero-order valence-corrected chi connectivity index (χ0v) is 9.06. The minimum absolute atomic E-state index is 0.329. The molecule has 1 N–H and O–H groups in total. The fourth-order valence-electron chi connectivity index (χ4n) is 2.45. The summed E-state index contributed by atoms with van der Waals surface area (Å²) < 4.78 is 5.22. The molecule has 0 aromatic carbocycles. The highest BCUT2D eigenvalue weighted by molar-refractivity contribution is 5.73. The Morgan fingerprint density at radius 1 is 1.47 bits per heavy atom. The van der Waals surface area contributed by atoms with E-state index in [0.717, 1.165) is 26.1 Å². The van der Waals surface area contributed by atoms with E-state index in [-0.39, 0.29) is 0 Å². The Morgan fingerprint density at radius 2 is 2.27 bits per heavy atom. The molecule has 2 unspecified atom stereocenters. The van der Waals surface area contributed by atoms with Gasteiger partial charge >= 0.3 is 5.97 Å². The third-order valence-electron chi connectivity index (χ3n) is 3.29. The third-order valence-corrected chi connectivity index (χ3v) is 3.29. The number of hydrogen-bond donors (Lipinski definition) is 1. The Kier molecular flexibility index (Phi) is 3.23. The van der Waals surface area contributed by atoms with Crippen LogP contribution >= 0.6 is 0 Å². The molecule has 0 aliphatic carbocycles. The van der Waals surface area contributed by atoms with Crippen LogP contribution in [0.5, 0.6) is 0 Å². The Labute approximate surface area is 89.6 Å². The van der Waals surface area contributed by atoms with Crippen LogP contribution in [0.3, 0.4) is 0 Å². The molecule has 2 atom stereocenters. The second-order valence-corrected chi connectivity index (χ2v) is 4.37. The monoisotopic (exact) mass is 214 g/mol. The molecule has 2 saturated heterocycles. The lowest BCUT2D eigenvalue weighted by Gasteiger charge is -2.37. The van der Waals surface area contributed by atoms with E-state index < -0.39 is 12.0 Å². The molecule has 0 saturated carbocycles. The van der Waals surface area contributed by atoms with Crippen molar-refractivity contribution in [3.05, 3.63) is 0 Å². The SMILES string of the molecule is CN1CCC(N2CCOCC2C(=O)O)C1. The molecule has 2 aliphatic rings. The van der Waals surface area contributed by atoms with Crippen LogP contribution in [0.25, 0.3) is 0 Å². The number of likely N-dealkylation sites (N-methyl/N-ethyl adjacent to an activating group) is 1. The summed E-state index contributed by atoms with van der Waals surface area (Å²) in [6.07, 6.45) is 1.07. The van der Waals surface area contributed by atoms with E-state index in [1.54, 1.807) is 0 Å². The van der Waals surface area contributed by atoms with Gasteiger partial charge in [-0.25, -0.2) is 0 Å². The maximum absolute atomic E-state index is 11.1. The lowest BCUT2D eigenvalue weighted by atomic mass is 10.1. The van der Waals surface area contributed by atoms with Crippen LogP contribution in [0.15, 0.2) is 0 Å². The van der Waals surface area contributed by atoms with Gasteiger partial charge < -0.3 is 14.7 Å². The van der Waals surface area contributed by atoms with Gasteiger partial charge in [-0.05, 0) is 20.0 Å². The summed E-state index contributed by atoms with van der Waals surface area (Å²) in [6.45, 7) is 3.77. The predicted molar refractivity (Wildman–Crippen MR) is 54.9 cm³/mol. The van der Waals surface area contributed by atoms with E-state index >= 15 is 0 Å². The standard InChI is InChI=1S/C10H18N2O3/c1-11-3-2-8(6-11)12-4-5-15-7-9(12)10(13)14/h8-9H,2-7H2,1H3,(H,13,14). The van der Waals surface area contributed by atoms with Crippen molar-refractivity contribution >= 4 is 5.97 Å². The first-order valence-electron chi connectivity index (χ1n) is 5.43. The van der Waals surface area contributed by atoms with Gasteiger partial charge in [-0.3, -0.25) is 9.69 Å². The topological polar surface area (TPSA) is 53.0 Å². The summed E-state index contributed by atoms with van der Waals surface area (Å²) in [5.41, 5.74) is 0. The van der Waals surface area contributed by atoms with Crippen LogP contribution in [0, 0.1) is 0 Å². The minimum atomic E-state index is -0.760. The Hall–Kier alpha value is -0.650. The van der Waals surface area contributed by atoms with Crippen LogP contribution in [-0.2, 0) is 9.53 Å². The molecule has 0 aromatic heterocycles. The highest BCUT2D eigenvalue weighted by Crippen LogP contribution is 2.19. The van der Waals surface area contributed by atoms with Gasteiger partial charge in [0.1, 0.15) is 6.04 Å². The van der Waals surface area contributed by atoms with E-state index in [1.165, 1.54) is 0 Å². The van der Waals surface area contributed by atoms with Gasteiger partial charge in [0.15, 0.2) is 0 Å². The van der Waals surface area contributed by atoms with Crippen molar-refractivity contribution in [3.8, 4) is 0 Å². The number of rotatable bonds is 2. The predicted octanol–water partition coefficient (Wildman–Crippen LogP) is -0.524. The van der Waals surface area contributed by atoms with Crippen molar-refractivity contribution in [2.75, 3.05) is 39.9 Å². The number of likely N-dealkylation sites (tertiary alicyclic amines) is 1. The van der Waals surface area contributed by atoms with Crippen molar-refractivity contribution in [1.29, 1.82) is 0 Å². The number of ether oxygens (including phenoxy) is 1. The summed E-state index contributed by atoms with van der Waals surface area (Å²) in [5, 5.41) is 9.10. The molecule has 5 heteroatoms. The summed E-state index contributed by atoms with van der Waals surface area (Å²) >= 11 is 0. The van der Waals surface area contributed by atoms with E-state index in [1.807, 2.05) is 0 Å². The normalized spacial score (nSPS) is 34.5. The molecule has 86 valence electrons. The molecule has 5 nitrogen and oxygen atoms in total. The molecule has 15 heavy (non-hydrogen) atoms. The molecule has 2 rings (SSSR count). The smallest absolute Gasteiger partial charge is 0.323 e. The molecule has 0 bridgehead atoms. The van der Waals surface area contributed by atoms with Gasteiger partial charge in [0.2, 0.25) is 0 Å². The molecule has 2 fully saturated rings. The van der Waals surface area contributed by atoms with Crippen LogP contribution in [-0.4, -0.2) is 72.9 Å². The molecule has 0 aromatic rings. The van der Waals surface area contributed by atoms with Gasteiger partial charge in [-0.15, -0.1) is 0 Å². The lowest BCUT2D eigenvalue weighted by molar-refractivity contribution is -0.151. The summed E-state index contributed by atoms with van der Waals surface area (Å²) in [6, 6.07) is -0.0600. The molecule has 0 amide bonds. The van der Waals surface area contributed by atoms with E-state index in [9.17, 15) is 4.79 Å². The third kappa shape index (κ3) is 2.30. The Bertz CT molecular complexity index is 247. The minimum Gasteiger partial charge on any atom is -0.480 e. The number of carbonyl (C=O) groups is 1. The lowest BCUT2D eigenvalue weighted by Crippen LogP contribution is -2.54. The first-order valence-corrected chi connectivity index (χ1v) is 5.43. The molecular weight excluding hydrogens is 196 g/mol. The van der Waals surface area contributed by atoms with Crippen LogP contribution in [0.2, 0.25) is 0 Å². The van der Waals surface area contributed by atoms with Gasteiger partial charge in [-0.1, -0.05) is 0 Å². The Morgan fingerprint density at radius 3 is 2.87 bits per heavy atom. The fourth-order valence-corrected chi connectivity index (χ4v) is 2.45. The van der Waals surface area contributed by atoms with Gasteiger partial charge in [0.05, 0.1) is 13.2 Å². The number of carboxylic acid groups (broad SMARTS) is 1. The van der Waals surface area contributed by atoms with Gasteiger partial charge in [0.25, 0.3) is 0 Å². The fraction of sp³-hybridized carbons (Fsp3) is 0.900. The van der Waals surface area contributed by atoms with E-state index in [4.69, 9.17) is 9.84 Å². The average Bonchev–Trinajstić information content (AvgIpc) is 2.65. The molecular formula is C10H18N2O3. The second-order valence-electron chi connectivity index (χ2n) is 4.37. The second kappa shape index (κ2) is 4.47. The average molecular weight is 214 g/mol. The van der Waals surface area contributed by atoms with Crippen molar-refractivity contribution in [2.24, 2.45) is 0 Å². The number of carboxylic acids is 1. The number of aliphatic carboxylic acids is 1. The van der Waals surface area contributed by atoms with Crippen LogP contribution in [0.1, 0.15) is 6.42 Å². The van der Waals surface area contributed by atoms with Crippen molar-refractivity contribution in [1.82, 2.24) is 9.80 Å². The molecule has 2 heterocycles. The molecule has 0 radical (unpaired) electrons. The maximum atomic E-state index is 11.1. The number of morpholine rings is 1. The largest absolute Gasteiger partial charge is 0.480 e. The van der Waals surface area contributed by atoms with Crippen LogP contribution in [0.4, 0.5) is 0 Å². The maximum Gasteiger partial charge on any atom is 0.323 e. The highest BCUT2D eigenvalue weighted by atomic mass is 16.5. The van der Waals surface area contributed by atoms with Gasteiger partial charge in [-0.2, -0.15) is 0 Å².